The van der Waals surface area contributed by atoms with E-state index in [1.807, 2.05) is 19.1 Å². The standard InChI is InChI=1S/C32H36F2O4/c1-5-21(16-31(35)36)22-14-23(33)17-25(15-22)38-19-20-8-10-26(28-18-24(37-4)9-11-30(28)34)27(13-20)29-7-6-12-32(29,2)3/h8-11,13-15,17-18,21,29H,5-7,12,16,19H2,1-4H3,(H,35,36)/t21-,29-/m1/s1. The van der Waals surface area contributed by atoms with E-state index in [-0.39, 0.29) is 36.1 Å². The van der Waals surface area contributed by atoms with Gasteiger partial charge in [-0.15, -0.1) is 0 Å². The van der Waals surface area contributed by atoms with Crippen molar-refractivity contribution in [3.05, 3.63) is 82.9 Å². The molecule has 0 aromatic heterocycles. The van der Waals surface area contributed by atoms with Gasteiger partial charge in [0.2, 0.25) is 0 Å². The summed E-state index contributed by atoms with van der Waals surface area (Å²) in [4.78, 5) is 11.2. The van der Waals surface area contributed by atoms with E-state index in [4.69, 9.17) is 9.47 Å². The maximum absolute atomic E-state index is 15.0. The van der Waals surface area contributed by atoms with Crippen molar-refractivity contribution in [2.45, 2.75) is 71.3 Å². The average Bonchev–Trinajstić information content (AvgIpc) is 3.24. The lowest BCUT2D eigenvalue weighted by atomic mass is 9.75. The predicted octanol–water partition coefficient (Wildman–Crippen LogP) is 8.48. The minimum absolute atomic E-state index is 0.0672. The quantitative estimate of drug-likeness (QED) is 0.290. The molecule has 4 rings (SSSR count). The highest BCUT2D eigenvalue weighted by Gasteiger charge is 2.37. The van der Waals surface area contributed by atoms with Crippen LogP contribution in [0.15, 0.2) is 54.6 Å². The molecule has 6 heteroatoms. The third kappa shape index (κ3) is 6.17. The zero-order valence-corrected chi connectivity index (χ0v) is 22.5. The van der Waals surface area contributed by atoms with Crippen molar-refractivity contribution in [1.29, 1.82) is 0 Å². The zero-order chi connectivity index (χ0) is 27.4. The Balaban J connectivity index is 1.66. The van der Waals surface area contributed by atoms with Gasteiger partial charge in [0.15, 0.2) is 0 Å². The van der Waals surface area contributed by atoms with Crippen molar-refractivity contribution < 1.29 is 28.2 Å². The van der Waals surface area contributed by atoms with Gasteiger partial charge in [-0.1, -0.05) is 45.4 Å². The normalized spacial score (nSPS) is 17.3. The van der Waals surface area contributed by atoms with E-state index < -0.39 is 11.8 Å². The van der Waals surface area contributed by atoms with Crippen LogP contribution in [-0.4, -0.2) is 18.2 Å². The minimum atomic E-state index is -0.918. The van der Waals surface area contributed by atoms with E-state index >= 15 is 4.39 Å². The number of rotatable bonds is 10. The lowest BCUT2D eigenvalue weighted by molar-refractivity contribution is -0.137. The van der Waals surface area contributed by atoms with Crippen molar-refractivity contribution in [2.75, 3.05) is 7.11 Å². The second kappa shape index (κ2) is 11.5. The molecular formula is C32H36F2O4. The fourth-order valence-corrected chi connectivity index (χ4v) is 5.76. The van der Waals surface area contributed by atoms with Crippen LogP contribution >= 0.6 is 0 Å². The van der Waals surface area contributed by atoms with Gasteiger partial charge in [0.25, 0.3) is 0 Å². The number of ether oxygens (including phenoxy) is 2. The lowest BCUT2D eigenvalue weighted by Crippen LogP contribution is -2.17. The van der Waals surface area contributed by atoms with E-state index in [2.05, 4.69) is 19.9 Å². The number of aliphatic carboxylic acids is 1. The molecule has 1 fully saturated rings. The molecule has 0 bridgehead atoms. The first-order valence-corrected chi connectivity index (χ1v) is 13.2. The fourth-order valence-electron chi connectivity index (χ4n) is 5.76. The van der Waals surface area contributed by atoms with E-state index in [0.717, 1.165) is 36.0 Å². The Hall–Kier alpha value is -3.41. The summed E-state index contributed by atoms with van der Waals surface area (Å²) >= 11 is 0. The Labute approximate surface area is 223 Å². The van der Waals surface area contributed by atoms with Crippen LogP contribution in [0.25, 0.3) is 11.1 Å². The topological polar surface area (TPSA) is 55.8 Å². The molecule has 38 heavy (non-hydrogen) atoms. The number of carboxylic acid groups (broad SMARTS) is 1. The van der Waals surface area contributed by atoms with E-state index in [1.54, 1.807) is 25.3 Å². The molecule has 2 atom stereocenters. The maximum atomic E-state index is 15.0. The largest absolute Gasteiger partial charge is 0.497 e. The third-order valence-electron chi connectivity index (χ3n) is 7.90. The predicted molar refractivity (Wildman–Crippen MR) is 145 cm³/mol. The molecule has 3 aromatic rings. The molecule has 0 aliphatic heterocycles. The highest BCUT2D eigenvalue weighted by atomic mass is 19.1. The molecule has 0 heterocycles. The molecule has 1 aliphatic rings. The maximum Gasteiger partial charge on any atom is 0.303 e. The van der Waals surface area contributed by atoms with Gasteiger partial charge in [-0.25, -0.2) is 8.78 Å². The number of halogens is 2. The van der Waals surface area contributed by atoms with Crippen LogP contribution in [0.5, 0.6) is 11.5 Å². The van der Waals surface area contributed by atoms with Gasteiger partial charge in [0, 0.05) is 11.6 Å². The first-order chi connectivity index (χ1) is 18.1. The average molecular weight is 523 g/mol. The van der Waals surface area contributed by atoms with E-state index in [1.165, 1.54) is 18.2 Å². The molecule has 0 radical (unpaired) electrons. The third-order valence-corrected chi connectivity index (χ3v) is 7.90. The Morgan fingerprint density at radius 3 is 2.50 bits per heavy atom. The summed E-state index contributed by atoms with van der Waals surface area (Å²) in [6, 6.07) is 15.2. The minimum Gasteiger partial charge on any atom is -0.497 e. The molecule has 202 valence electrons. The Kier molecular flexibility index (Phi) is 8.39. The van der Waals surface area contributed by atoms with Crippen LogP contribution < -0.4 is 9.47 Å². The van der Waals surface area contributed by atoms with Crippen molar-refractivity contribution in [1.82, 2.24) is 0 Å². The molecular weight excluding hydrogens is 486 g/mol. The van der Waals surface area contributed by atoms with Crippen molar-refractivity contribution >= 4 is 5.97 Å². The number of benzene rings is 3. The van der Waals surface area contributed by atoms with E-state index in [0.29, 0.717) is 29.0 Å². The highest BCUT2D eigenvalue weighted by molar-refractivity contribution is 5.71. The van der Waals surface area contributed by atoms with Gasteiger partial charge in [0.1, 0.15) is 29.7 Å². The molecule has 0 amide bonds. The zero-order valence-electron chi connectivity index (χ0n) is 22.5. The number of hydrogen-bond donors (Lipinski definition) is 1. The summed E-state index contributed by atoms with van der Waals surface area (Å²) in [6.07, 6.45) is 3.74. The molecule has 1 saturated carbocycles. The van der Waals surface area contributed by atoms with Crippen LogP contribution in [-0.2, 0) is 11.4 Å². The first-order valence-electron chi connectivity index (χ1n) is 13.2. The monoisotopic (exact) mass is 522 g/mol. The van der Waals surface area contributed by atoms with E-state index in [9.17, 15) is 14.3 Å². The first kappa shape index (κ1) is 27.6. The molecule has 0 spiro atoms. The Morgan fingerprint density at radius 2 is 1.84 bits per heavy atom. The number of carbonyl (C=O) groups is 1. The lowest BCUT2D eigenvalue weighted by Gasteiger charge is -2.30. The number of carboxylic acids is 1. The molecule has 0 saturated heterocycles. The SMILES string of the molecule is CC[C@H](CC(=O)O)c1cc(F)cc(OCc2ccc(-c3cc(OC)ccc3F)c([C@H]3CCCC3(C)C)c2)c1. The fraction of sp³-hybridized carbons (Fsp3) is 0.406. The second-order valence-corrected chi connectivity index (χ2v) is 10.9. The smallest absolute Gasteiger partial charge is 0.303 e. The van der Waals surface area contributed by atoms with Crippen molar-refractivity contribution in [2.24, 2.45) is 5.41 Å². The van der Waals surface area contributed by atoms with Crippen LogP contribution in [0.3, 0.4) is 0 Å². The Morgan fingerprint density at radius 1 is 1.05 bits per heavy atom. The Bertz CT molecular complexity index is 1300. The van der Waals surface area contributed by atoms with Gasteiger partial charge < -0.3 is 14.6 Å². The highest BCUT2D eigenvalue weighted by Crippen LogP contribution is 2.51. The molecule has 4 nitrogen and oxygen atoms in total. The second-order valence-electron chi connectivity index (χ2n) is 10.9. The van der Waals surface area contributed by atoms with Crippen molar-refractivity contribution in [3.8, 4) is 22.6 Å². The summed E-state index contributed by atoms with van der Waals surface area (Å²) in [7, 11) is 1.57. The molecule has 0 unspecified atom stereocenters. The summed E-state index contributed by atoms with van der Waals surface area (Å²) < 4.78 is 40.8. The van der Waals surface area contributed by atoms with Gasteiger partial charge in [0.05, 0.1) is 13.5 Å². The summed E-state index contributed by atoms with van der Waals surface area (Å²) in [6.45, 7) is 6.61. The van der Waals surface area contributed by atoms with Crippen LogP contribution in [0.4, 0.5) is 8.78 Å². The summed E-state index contributed by atoms with van der Waals surface area (Å²) in [5.41, 5.74) is 4.01. The van der Waals surface area contributed by atoms with Gasteiger partial charge >= 0.3 is 5.97 Å². The summed E-state index contributed by atoms with van der Waals surface area (Å²) in [5.74, 6) is -0.762. The van der Waals surface area contributed by atoms with Crippen LogP contribution in [0.1, 0.15) is 81.4 Å². The van der Waals surface area contributed by atoms with Crippen LogP contribution in [0, 0.1) is 17.0 Å². The van der Waals surface area contributed by atoms with Crippen molar-refractivity contribution in [3.63, 3.8) is 0 Å². The van der Waals surface area contributed by atoms with Gasteiger partial charge in [-0.2, -0.15) is 0 Å². The summed E-state index contributed by atoms with van der Waals surface area (Å²) in [5, 5.41) is 9.22. The molecule has 1 aliphatic carbocycles. The molecule has 3 aromatic carbocycles. The van der Waals surface area contributed by atoms with Gasteiger partial charge in [-0.05, 0) is 89.1 Å². The van der Waals surface area contributed by atoms with Crippen LogP contribution in [0.2, 0.25) is 0 Å². The van der Waals surface area contributed by atoms with Gasteiger partial charge in [-0.3, -0.25) is 4.79 Å². The molecule has 1 N–H and O–H groups in total. The number of hydrogen-bond acceptors (Lipinski definition) is 3. The number of methoxy groups -OCH3 is 1.